The Hall–Kier alpha value is -2.88. The molecule has 2 aliphatic heterocycles. The SMILES string of the molecule is O=C(NCc1ccco1)c1csc(CN2CCN(Cc3ccc4c(c3)OCO4)CC2)n1. The van der Waals surface area contributed by atoms with Gasteiger partial charge in [-0.05, 0) is 29.8 Å². The van der Waals surface area contributed by atoms with E-state index in [1.807, 2.05) is 17.5 Å². The van der Waals surface area contributed by atoms with Crippen molar-refractivity contribution in [1.82, 2.24) is 20.1 Å². The molecule has 5 rings (SSSR count). The summed E-state index contributed by atoms with van der Waals surface area (Å²) >= 11 is 1.53. The molecule has 0 unspecified atom stereocenters. The van der Waals surface area contributed by atoms with Gasteiger partial charge in [-0.2, -0.15) is 0 Å². The van der Waals surface area contributed by atoms with Gasteiger partial charge < -0.3 is 19.2 Å². The highest BCUT2D eigenvalue weighted by atomic mass is 32.1. The fourth-order valence-electron chi connectivity index (χ4n) is 3.75. The van der Waals surface area contributed by atoms with Crippen LogP contribution in [0.1, 0.15) is 26.8 Å². The first-order valence-corrected chi connectivity index (χ1v) is 11.2. The predicted molar refractivity (Wildman–Crippen MR) is 115 cm³/mol. The molecule has 0 saturated carbocycles. The smallest absolute Gasteiger partial charge is 0.271 e. The molecule has 1 saturated heterocycles. The number of thiazole rings is 1. The van der Waals surface area contributed by atoms with Crippen molar-refractivity contribution in [3.05, 3.63) is 64.0 Å². The molecule has 2 aromatic heterocycles. The molecule has 1 fully saturated rings. The Morgan fingerprint density at radius 2 is 1.87 bits per heavy atom. The van der Waals surface area contributed by atoms with Crippen LogP contribution in [-0.4, -0.2) is 53.7 Å². The summed E-state index contributed by atoms with van der Waals surface area (Å²) in [7, 11) is 0. The van der Waals surface area contributed by atoms with Gasteiger partial charge in [-0.15, -0.1) is 11.3 Å². The number of fused-ring (bicyclic) bond motifs is 1. The summed E-state index contributed by atoms with van der Waals surface area (Å²) in [5.41, 5.74) is 1.70. The standard InChI is InChI=1S/C22H24N4O4S/c27-22(23-11-17-2-1-9-28-17)18-14-31-21(24-18)13-26-7-5-25(6-8-26)12-16-3-4-19-20(10-16)30-15-29-19/h1-4,9-10,14H,5-8,11-13,15H2,(H,23,27). The number of nitrogens with zero attached hydrogens (tertiary/aromatic N) is 3. The molecule has 162 valence electrons. The van der Waals surface area contributed by atoms with Crippen LogP contribution in [-0.2, 0) is 19.6 Å². The van der Waals surface area contributed by atoms with Crippen LogP contribution in [0.25, 0.3) is 0 Å². The minimum absolute atomic E-state index is 0.174. The molecule has 0 atom stereocenters. The predicted octanol–water partition coefficient (Wildman–Crippen LogP) is 2.71. The molecule has 9 heteroatoms. The summed E-state index contributed by atoms with van der Waals surface area (Å²) in [4.78, 5) is 21.6. The summed E-state index contributed by atoms with van der Waals surface area (Å²) in [6.45, 7) is 6.29. The van der Waals surface area contributed by atoms with Gasteiger partial charge >= 0.3 is 0 Å². The number of nitrogens with one attached hydrogen (secondary N) is 1. The lowest BCUT2D eigenvalue weighted by Gasteiger charge is -2.34. The first kappa shape index (κ1) is 20.0. The highest BCUT2D eigenvalue weighted by Gasteiger charge is 2.20. The molecule has 1 N–H and O–H groups in total. The van der Waals surface area contributed by atoms with Gasteiger partial charge in [-0.25, -0.2) is 4.98 Å². The van der Waals surface area contributed by atoms with Crippen LogP contribution in [0.4, 0.5) is 0 Å². The van der Waals surface area contributed by atoms with E-state index in [1.54, 1.807) is 12.3 Å². The Kier molecular flexibility index (Phi) is 5.88. The average molecular weight is 441 g/mol. The molecule has 1 amide bonds. The van der Waals surface area contributed by atoms with Crippen molar-refractivity contribution in [2.24, 2.45) is 0 Å². The number of rotatable bonds is 7. The maximum Gasteiger partial charge on any atom is 0.271 e. The lowest BCUT2D eigenvalue weighted by Crippen LogP contribution is -2.45. The van der Waals surface area contributed by atoms with E-state index < -0.39 is 0 Å². The monoisotopic (exact) mass is 440 g/mol. The first-order chi connectivity index (χ1) is 15.2. The van der Waals surface area contributed by atoms with Crippen molar-refractivity contribution < 1.29 is 18.7 Å². The zero-order chi connectivity index (χ0) is 21.0. The summed E-state index contributed by atoms with van der Waals surface area (Å²) in [6, 6.07) is 9.80. The summed E-state index contributed by atoms with van der Waals surface area (Å²) in [6.07, 6.45) is 1.59. The number of hydrogen-bond acceptors (Lipinski definition) is 8. The summed E-state index contributed by atoms with van der Waals surface area (Å²) < 4.78 is 16.1. The van der Waals surface area contributed by atoms with Crippen LogP contribution in [0.15, 0.2) is 46.4 Å². The number of furan rings is 1. The van der Waals surface area contributed by atoms with Crippen molar-refractivity contribution in [2.75, 3.05) is 33.0 Å². The van der Waals surface area contributed by atoms with Gasteiger partial charge in [0, 0.05) is 38.1 Å². The number of carbonyl (C=O) groups is 1. The van der Waals surface area contributed by atoms with E-state index in [4.69, 9.17) is 13.9 Å². The molecule has 0 spiro atoms. The van der Waals surface area contributed by atoms with Gasteiger partial charge in [0.1, 0.15) is 16.5 Å². The molecule has 0 radical (unpaired) electrons. The maximum absolute atomic E-state index is 12.3. The van der Waals surface area contributed by atoms with Crippen molar-refractivity contribution in [3.8, 4) is 11.5 Å². The molecule has 4 heterocycles. The molecule has 2 aliphatic rings. The fourth-order valence-corrected chi connectivity index (χ4v) is 4.57. The Morgan fingerprint density at radius 1 is 1.06 bits per heavy atom. The van der Waals surface area contributed by atoms with E-state index in [1.165, 1.54) is 16.9 Å². The van der Waals surface area contributed by atoms with Gasteiger partial charge in [0.05, 0.1) is 19.4 Å². The van der Waals surface area contributed by atoms with Crippen LogP contribution in [0.5, 0.6) is 11.5 Å². The molecule has 0 bridgehead atoms. The molecule has 1 aromatic carbocycles. The lowest BCUT2D eigenvalue weighted by atomic mass is 10.1. The van der Waals surface area contributed by atoms with Gasteiger partial charge in [-0.3, -0.25) is 14.6 Å². The van der Waals surface area contributed by atoms with Crippen molar-refractivity contribution >= 4 is 17.2 Å². The molecule has 3 aromatic rings. The van der Waals surface area contributed by atoms with Crippen LogP contribution in [0.3, 0.4) is 0 Å². The minimum Gasteiger partial charge on any atom is -0.467 e. The second-order valence-corrected chi connectivity index (χ2v) is 8.57. The minimum atomic E-state index is -0.174. The molecule has 0 aliphatic carbocycles. The van der Waals surface area contributed by atoms with Crippen molar-refractivity contribution in [3.63, 3.8) is 0 Å². The number of amides is 1. The van der Waals surface area contributed by atoms with E-state index in [-0.39, 0.29) is 5.91 Å². The third kappa shape index (κ3) is 4.90. The van der Waals surface area contributed by atoms with Crippen LogP contribution < -0.4 is 14.8 Å². The van der Waals surface area contributed by atoms with E-state index in [9.17, 15) is 4.79 Å². The third-order valence-electron chi connectivity index (χ3n) is 5.45. The van der Waals surface area contributed by atoms with Crippen molar-refractivity contribution in [2.45, 2.75) is 19.6 Å². The number of benzene rings is 1. The largest absolute Gasteiger partial charge is 0.467 e. The van der Waals surface area contributed by atoms with Gasteiger partial charge in [0.25, 0.3) is 5.91 Å². The Balaban J connectivity index is 1.08. The quantitative estimate of drug-likeness (QED) is 0.605. The van der Waals surface area contributed by atoms with Crippen LogP contribution >= 0.6 is 11.3 Å². The van der Waals surface area contributed by atoms with E-state index in [0.717, 1.165) is 61.5 Å². The number of aromatic nitrogens is 1. The normalized spacial score (nSPS) is 16.5. The van der Waals surface area contributed by atoms with Crippen LogP contribution in [0.2, 0.25) is 0 Å². The van der Waals surface area contributed by atoms with E-state index in [0.29, 0.717) is 19.0 Å². The van der Waals surface area contributed by atoms with Gasteiger partial charge in [0.15, 0.2) is 11.5 Å². The second kappa shape index (κ2) is 9.09. The highest BCUT2D eigenvalue weighted by molar-refractivity contribution is 7.09. The number of piperazine rings is 1. The summed E-state index contributed by atoms with van der Waals surface area (Å²) in [5.74, 6) is 2.21. The molecule has 8 nitrogen and oxygen atoms in total. The van der Waals surface area contributed by atoms with E-state index in [2.05, 4.69) is 32.2 Å². The molecular formula is C22H24N4O4S. The fraction of sp³-hybridized carbons (Fsp3) is 0.364. The average Bonchev–Trinajstić information content (AvgIpc) is 3.55. The zero-order valence-corrected chi connectivity index (χ0v) is 17.9. The second-order valence-electron chi connectivity index (χ2n) is 7.63. The topological polar surface area (TPSA) is 80.1 Å². The Bertz CT molecular complexity index is 1030. The number of carbonyl (C=O) groups excluding carboxylic acids is 1. The molecule has 31 heavy (non-hydrogen) atoms. The lowest BCUT2D eigenvalue weighted by molar-refractivity contribution is 0.0943. The van der Waals surface area contributed by atoms with Crippen LogP contribution in [0, 0.1) is 0 Å². The number of hydrogen-bond donors (Lipinski definition) is 1. The van der Waals surface area contributed by atoms with Gasteiger partial charge in [-0.1, -0.05) is 6.07 Å². The Morgan fingerprint density at radius 3 is 2.68 bits per heavy atom. The number of ether oxygens (including phenoxy) is 2. The first-order valence-electron chi connectivity index (χ1n) is 10.3. The zero-order valence-electron chi connectivity index (χ0n) is 17.1. The van der Waals surface area contributed by atoms with E-state index >= 15 is 0 Å². The maximum atomic E-state index is 12.3. The summed E-state index contributed by atoms with van der Waals surface area (Å²) in [5, 5.41) is 5.62. The molecular weight excluding hydrogens is 416 g/mol. The van der Waals surface area contributed by atoms with Gasteiger partial charge in [0.2, 0.25) is 6.79 Å². The van der Waals surface area contributed by atoms with Crippen molar-refractivity contribution in [1.29, 1.82) is 0 Å². The Labute approximate surface area is 184 Å². The highest BCUT2D eigenvalue weighted by Crippen LogP contribution is 2.32. The third-order valence-corrected chi connectivity index (χ3v) is 6.29.